The molecule has 0 aliphatic heterocycles. The third kappa shape index (κ3) is 4.86. The van der Waals surface area contributed by atoms with E-state index in [1.807, 2.05) is 23.5 Å². The molecule has 11 rings (SSSR count). The lowest BCUT2D eigenvalue weighted by Crippen LogP contribution is -2.10. The van der Waals surface area contributed by atoms with Crippen molar-refractivity contribution < 1.29 is 4.42 Å². The fourth-order valence-corrected chi connectivity index (χ4v) is 9.38. The van der Waals surface area contributed by atoms with Gasteiger partial charge in [-0.15, -0.1) is 11.3 Å². The van der Waals surface area contributed by atoms with Crippen LogP contribution in [0.1, 0.15) is 0 Å². The van der Waals surface area contributed by atoms with Crippen molar-refractivity contribution in [2.45, 2.75) is 0 Å². The van der Waals surface area contributed by atoms with Crippen molar-refractivity contribution in [3.05, 3.63) is 188 Å². The molecule has 0 atom stereocenters. The quantitative estimate of drug-likeness (QED) is 0.167. The number of anilines is 3. The lowest BCUT2D eigenvalue weighted by atomic mass is 9.97. The van der Waals surface area contributed by atoms with Crippen LogP contribution in [0.15, 0.2) is 192 Å². The Balaban J connectivity index is 1.16. The van der Waals surface area contributed by atoms with Crippen LogP contribution in [0, 0.1) is 0 Å². The van der Waals surface area contributed by atoms with Crippen molar-refractivity contribution in [2.75, 3.05) is 4.90 Å². The van der Waals surface area contributed by atoms with Crippen LogP contribution in [0.3, 0.4) is 0 Å². The highest BCUT2D eigenvalue weighted by Crippen LogP contribution is 2.49. The lowest BCUT2D eigenvalue weighted by Gasteiger charge is -2.27. The lowest BCUT2D eigenvalue weighted by molar-refractivity contribution is 0.669. The Kier molecular flexibility index (Phi) is 6.76. The highest BCUT2D eigenvalue weighted by molar-refractivity contribution is 7.26. The maximum absolute atomic E-state index is 6.47. The molecule has 0 amide bonds. The minimum Gasteiger partial charge on any atom is -0.456 e. The van der Waals surface area contributed by atoms with Gasteiger partial charge in [-0.25, -0.2) is 0 Å². The van der Waals surface area contributed by atoms with Gasteiger partial charge in [0.2, 0.25) is 0 Å². The van der Waals surface area contributed by atoms with E-state index in [2.05, 4.69) is 181 Å². The summed E-state index contributed by atoms with van der Waals surface area (Å²) >= 11 is 1.87. The minimum absolute atomic E-state index is 0.877. The average Bonchev–Trinajstić information content (AvgIpc) is 3.80. The first-order valence-corrected chi connectivity index (χ1v) is 18.8. The summed E-state index contributed by atoms with van der Waals surface area (Å²) in [6, 6.07) is 68.0. The van der Waals surface area contributed by atoms with Crippen molar-refractivity contribution >= 4 is 92.1 Å². The Morgan fingerprint density at radius 3 is 1.89 bits per heavy atom. The topological polar surface area (TPSA) is 16.4 Å². The van der Waals surface area contributed by atoms with E-state index in [-0.39, 0.29) is 0 Å². The van der Waals surface area contributed by atoms with Crippen molar-refractivity contribution in [3.8, 4) is 22.3 Å². The molecule has 0 radical (unpaired) electrons. The summed E-state index contributed by atoms with van der Waals surface area (Å²) in [4.78, 5) is 2.42. The summed E-state index contributed by atoms with van der Waals surface area (Å²) in [5.74, 6) is 0. The van der Waals surface area contributed by atoms with E-state index in [0.717, 1.165) is 39.0 Å². The van der Waals surface area contributed by atoms with E-state index in [1.165, 1.54) is 64.0 Å². The van der Waals surface area contributed by atoms with Gasteiger partial charge in [-0.2, -0.15) is 0 Å². The minimum atomic E-state index is 0.877. The maximum Gasteiger partial charge on any atom is 0.137 e. The van der Waals surface area contributed by atoms with E-state index in [0.29, 0.717) is 0 Å². The predicted molar refractivity (Wildman–Crippen MR) is 227 cm³/mol. The Labute approximate surface area is 310 Å². The van der Waals surface area contributed by atoms with E-state index in [4.69, 9.17) is 4.42 Å². The summed E-state index contributed by atoms with van der Waals surface area (Å²) in [6.07, 6.45) is 0. The fourth-order valence-electron chi connectivity index (χ4n) is 8.12. The molecule has 2 nitrogen and oxygen atoms in total. The first-order valence-electron chi connectivity index (χ1n) is 18.0. The molecule has 0 saturated heterocycles. The number of thiophene rings is 1. The first-order chi connectivity index (χ1) is 26.3. The molecule has 53 heavy (non-hydrogen) atoms. The van der Waals surface area contributed by atoms with Crippen LogP contribution in [0.4, 0.5) is 17.1 Å². The van der Waals surface area contributed by atoms with Crippen molar-refractivity contribution in [3.63, 3.8) is 0 Å². The zero-order valence-electron chi connectivity index (χ0n) is 28.7. The molecule has 0 saturated carbocycles. The van der Waals surface area contributed by atoms with E-state index in [9.17, 15) is 0 Å². The molecule has 0 N–H and O–H groups in total. The van der Waals surface area contributed by atoms with Gasteiger partial charge >= 0.3 is 0 Å². The Bertz CT molecular complexity index is 3170. The molecule has 9 aromatic carbocycles. The molecule has 2 aromatic heterocycles. The van der Waals surface area contributed by atoms with Crippen molar-refractivity contribution in [1.29, 1.82) is 0 Å². The van der Waals surface area contributed by atoms with Crippen LogP contribution >= 0.6 is 11.3 Å². The molecule has 2 heterocycles. The number of nitrogens with zero attached hydrogens (tertiary/aromatic N) is 1. The average molecular weight is 694 g/mol. The monoisotopic (exact) mass is 693 g/mol. The van der Waals surface area contributed by atoms with Gasteiger partial charge in [0.25, 0.3) is 0 Å². The molecule has 0 bridgehead atoms. The smallest absolute Gasteiger partial charge is 0.137 e. The Hall–Kier alpha value is -6.68. The molecular weight excluding hydrogens is 663 g/mol. The number of rotatable bonds is 5. The largest absolute Gasteiger partial charge is 0.456 e. The van der Waals surface area contributed by atoms with Crippen LogP contribution in [0.25, 0.3) is 85.9 Å². The zero-order valence-corrected chi connectivity index (χ0v) is 29.5. The van der Waals surface area contributed by atoms with Gasteiger partial charge in [-0.3, -0.25) is 0 Å². The fraction of sp³-hybridized carbons (Fsp3) is 0. The van der Waals surface area contributed by atoms with E-state index < -0.39 is 0 Å². The molecule has 3 heteroatoms. The molecule has 0 aliphatic rings. The Morgan fingerprint density at radius 2 is 1.02 bits per heavy atom. The number of hydrogen-bond acceptors (Lipinski definition) is 3. The second-order valence-electron chi connectivity index (χ2n) is 13.7. The molecule has 11 aromatic rings. The highest BCUT2D eigenvalue weighted by atomic mass is 32.1. The van der Waals surface area contributed by atoms with Crippen LogP contribution in [-0.4, -0.2) is 0 Å². The molecule has 248 valence electrons. The van der Waals surface area contributed by atoms with Crippen LogP contribution < -0.4 is 4.90 Å². The standard InChI is InChI=1S/C50H31NOS/c1-2-10-32(11-3-1)33-18-20-35(21-19-33)41-28-29-45(49-44-15-7-9-17-48(44)53-50(41)49)51(38-25-27-43-42-14-6-8-16-46(42)52-47(43)31-38)37-24-26-40-36(30-37)23-22-34-12-4-5-13-39(34)40/h1-31H. The summed E-state index contributed by atoms with van der Waals surface area (Å²) in [7, 11) is 0. The van der Waals surface area contributed by atoms with E-state index in [1.54, 1.807) is 0 Å². The summed E-state index contributed by atoms with van der Waals surface area (Å²) in [6.45, 7) is 0. The number of fused-ring (bicyclic) bond motifs is 9. The van der Waals surface area contributed by atoms with Crippen LogP contribution in [-0.2, 0) is 0 Å². The Morgan fingerprint density at radius 1 is 0.396 bits per heavy atom. The van der Waals surface area contributed by atoms with Crippen LogP contribution in [0.2, 0.25) is 0 Å². The van der Waals surface area contributed by atoms with Crippen LogP contribution in [0.5, 0.6) is 0 Å². The normalized spacial score (nSPS) is 11.8. The molecule has 0 unspecified atom stereocenters. The van der Waals surface area contributed by atoms with Crippen molar-refractivity contribution in [1.82, 2.24) is 0 Å². The number of furan rings is 1. The van der Waals surface area contributed by atoms with Gasteiger partial charge in [0, 0.05) is 48.4 Å². The van der Waals surface area contributed by atoms with E-state index >= 15 is 0 Å². The molecule has 0 fully saturated rings. The van der Waals surface area contributed by atoms with Crippen molar-refractivity contribution in [2.24, 2.45) is 0 Å². The van der Waals surface area contributed by atoms with Gasteiger partial charge in [-0.1, -0.05) is 140 Å². The van der Waals surface area contributed by atoms with Gasteiger partial charge in [0.1, 0.15) is 11.2 Å². The van der Waals surface area contributed by atoms with Gasteiger partial charge < -0.3 is 9.32 Å². The zero-order chi connectivity index (χ0) is 34.9. The summed E-state index contributed by atoms with van der Waals surface area (Å²) in [5, 5.41) is 9.73. The maximum atomic E-state index is 6.47. The number of benzene rings is 9. The second-order valence-corrected chi connectivity index (χ2v) is 14.7. The molecule has 0 aliphatic carbocycles. The first kappa shape index (κ1) is 30.0. The SMILES string of the molecule is c1ccc(-c2ccc(-c3ccc(N(c4ccc5c(ccc6ccccc65)c4)c4ccc5c(c4)oc4ccccc45)c4c3sc3ccccc34)cc2)cc1. The second kappa shape index (κ2) is 11.9. The molecule has 0 spiro atoms. The predicted octanol–water partition coefficient (Wildman–Crippen LogP) is 15.1. The van der Waals surface area contributed by atoms with Gasteiger partial charge in [-0.05, 0) is 86.3 Å². The number of para-hydroxylation sites is 1. The van der Waals surface area contributed by atoms with Gasteiger partial charge in [0.15, 0.2) is 0 Å². The summed E-state index contributed by atoms with van der Waals surface area (Å²) < 4.78 is 9.02. The third-order valence-corrected chi connectivity index (χ3v) is 11.9. The number of hydrogen-bond donors (Lipinski definition) is 0. The van der Waals surface area contributed by atoms with Gasteiger partial charge in [0.05, 0.1) is 5.69 Å². The highest BCUT2D eigenvalue weighted by Gasteiger charge is 2.22. The molecular formula is C50H31NOS. The third-order valence-electron chi connectivity index (χ3n) is 10.7. The summed E-state index contributed by atoms with van der Waals surface area (Å²) in [5.41, 5.74) is 9.95.